The van der Waals surface area contributed by atoms with Crippen LogP contribution in [-0.2, 0) is 6.42 Å². The van der Waals surface area contributed by atoms with E-state index >= 15 is 0 Å². The second-order valence-electron chi connectivity index (χ2n) is 5.10. The maximum absolute atomic E-state index is 13.5. The molecule has 0 spiro atoms. The van der Waals surface area contributed by atoms with Crippen molar-refractivity contribution in [2.75, 3.05) is 13.1 Å². The molecule has 0 aliphatic rings. The third kappa shape index (κ3) is 4.73. The van der Waals surface area contributed by atoms with Gasteiger partial charge in [-0.3, -0.25) is 0 Å². The first-order chi connectivity index (χ1) is 8.54. The molecule has 1 aromatic carbocycles. The molecule has 0 radical (unpaired) electrons. The minimum atomic E-state index is -0.365. The van der Waals surface area contributed by atoms with E-state index < -0.39 is 0 Å². The highest BCUT2D eigenvalue weighted by Crippen LogP contribution is 2.19. The number of halogens is 2. The van der Waals surface area contributed by atoms with E-state index in [-0.39, 0.29) is 11.6 Å². The summed E-state index contributed by atoms with van der Waals surface area (Å²) in [6.45, 7) is 8.29. The molecule has 102 valence electrons. The predicted octanol–water partition coefficient (Wildman–Crippen LogP) is 3.78. The maximum Gasteiger partial charge on any atom is 0.126 e. The summed E-state index contributed by atoms with van der Waals surface area (Å²) in [6.07, 6.45) is 1.69. The molecule has 1 nitrogen and oxygen atoms in total. The fraction of sp³-hybridized carbons (Fsp3) is 0.600. The van der Waals surface area contributed by atoms with Gasteiger partial charge in [0.25, 0.3) is 0 Å². The molecule has 0 bridgehead atoms. The Morgan fingerprint density at radius 2 is 1.89 bits per heavy atom. The largest absolute Gasteiger partial charge is 0.316 e. The normalized spacial score (nSPS) is 14.5. The van der Waals surface area contributed by atoms with Crippen LogP contribution >= 0.6 is 0 Å². The highest BCUT2D eigenvalue weighted by atomic mass is 19.1. The van der Waals surface area contributed by atoms with Crippen LogP contribution in [-0.4, -0.2) is 13.1 Å². The lowest BCUT2D eigenvalue weighted by atomic mass is 9.89. The molecule has 1 aromatic rings. The average Bonchev–Trinajstić information content (AvgIpc) is 2.34. The Balaban J connectivity index is 2.52. The molecule has 3 heteroatoms. The molecule has 2 atom stereocenters. The lowest BCUT2D eigenvalue weighted by molar-refractivity contribution is 0.361. The number of benzene rings is 1. The van der Waals surface area contributed by atoms with Crippen LogP contribution in [0.25, 0.3) is 0 Å². The van der Waals surface area contributed by atoms with Crippen LogP contribution in [0.15, 0.2) is 18.2 Å². The van der Waals surface area contributed by atoms with Gasteiger partial charge in [0.05, 0.1) is 0 Å². The summed E-state index contributed by atoms with van der Waals surface area (Å²) in [6, 6.07) is 3.67. The van der Waals surface area contributed by atoms with Crippen molar-refractivity contribution in [3.63, 3.8) is 0 Å². The second kappa shape index (κ2) is 7.47. The topological polar surface area (TPSA) is 12.0 Å². The van der Waals surface area contributed by atoms with Crippen molar-refractivity contribution in [1.82, 2.24) is 5.32 Å². The van der Waals surface area contributed by atoms with Crippen LogP contribution in [0.1, 0.15) is 32.8 Å². The SMILES string of the molecule is CCCNCC(C)C(C)Cc1cc(F)ccc1F. The zero-order valence-electron chi connectivity index (χ0n) is 11.5. The van der Waals surface area contributed by atoms with Crippen LogP contribution in [0.5, 0.6) is 0 Å². The Labute approximate surface area is 109 Å². The van der Waals surface area contributed by atoms with Crippen LogP contribution < -0.4 is 5.32 Å². The number of rotatable bonds is 7. The van der Waals surface area contributed by atoms with E-state index in [1.807, 2.05) is 0 Å². The smallest absolute Gasteiger partial charge is 0.126 e. The molecule has 2 unspecified atom stereocenters. The van der Waals surface area contributed by atoms with Crippen LogP contribution in [0, 0.1) is 23.5 Å². The fourth-order valence-electron chi connectivity index (χ4n) is 1.96. The molecule has 1 N–H and O–H groups in total. The van der Waals surface area contributed by atoms with E-state index in [9.17, 15) is 8.78 Å². The molecular formula is C15H23F2N. The standard InChI is InChI=1S/C15H23F2N/c1-4-7-18-10-12(3)11(2)8-13-9-14(16)5-6-15(13)17/h5-6,9,11-12,18H,4,7-8,10H2,1-3H3. The fourth-order valence-corrected chi connectivity index (χ4v) is 1.96. The van der Waals surface area contributed by atoms with Gasteiger partial charge in [0, 0.05) is 0 Å². The molecule has 18 heavy (non-hydrogen) atoms. The van der Waals surface area contributed by atoms with Gasteiger partial charge in [-0.05, 0) is 61.5 Å². The molecule has 0 aromatic heterocycles. The van der Waals surface area contributed by atoms with Crippen LogP contribution in [0.2, 0.25) is 0 Å². The minimum Gasteiger partial charge on any atom is -0.316 e. The summed E-state index contributed by atoms with van der Waals surface area (Å²) in [5.41, 5.74) is 0.477. The van der Waals surface area contributed by atoms with Gasteiger partial charge < -0.3 is 5.32 Å². The van der Waals surface area contributed by atoms with Gasteiger partial charge in [0.2, 0.25) is 0 Å². The quantitative estimate of drug-likeness (QED) is 0.731. The summed E-state index contributed by atoms with van der Waals surface area (Å²) in [5, 5.41) is 3.36. The number of hydrogen-bond acceptors (Lipinski definition) is 1. The lowest BCUT2D eigenvalue weighted by Gasteiger charge is -2.20. The van der Waals surface area contributed by atoms with Gasteiger partial charge in [0.15, 0.2) is 0 Å². The maximum atomic E-state index is 13.5. The van der Waals surface area contributed by atoms with Crippen molar-refractivity contribution in [1.29, 1.82) is 0 Å². The highest BCUT2D eigenvalue weighted by Gasteiger charge is 2.15. The first-order valence-corrected chi connectivity index (χ1v) is 6.69. The van der Waals surface area contributed by atoms with Gasteiger partial charge in [-0.2, -0.15) is 0 Å². The van der Waals surface area contributed by atoms with Gasteiger partial charge >= 0.3 is 0 Å². The van der Waals surface area contributed by atoms with Gasteiger partial charge in [-0.15, -0.1) is 0 Å². The van der Waals surface area contributed by atoms with E-state index in [1.165, 1.54) is 12.1 Å². The third-order valence-electron chi connectivity index (χ3n) is 3.41. The first kappa shape index (κ1) is 15.1. The van der Waals surface area contributed by atoms with Crippen molar-refractivity contribution < 1.29 is 8.78 Å². The van der Waals surface area contributed by atoms with Gasteiger partial charge in [0.1, 0.15) is 11.6 Å². The molecule has 0 aliphatic heterocycles. The summed E-state index contributed by atoms with van der Waals surface area (Å²) in [7, 11) is 0. The number of nitrogens with one attached hydrogen (secondary N) is 1. The molecule has 0 fully saturated rings. The van der Waals surface area contributed by atoms with Crippen molar-refractivity contribution in [3.8, 4) is 0 Å². The molecule has 0 saturated heterocycles. The van der Waals surface area contributed by atoms with E-state index in [4.69, 9.17) is 0 Å². The third-order valence-corrected chi connectivity index (χ3v) is 3.41. The summed E-state index contributed by atoms with van der Waals surface area (Å²) in [4.78, 5) is 0. The molecule has 0 saturated carbocycles. The second-order valence-corrected chi connectivity index (χ2v) is 5.10. The Morgan fingerprint density at radius 3 is 2.56 bits per heavy atom. The molecule has 0 heterocycles. The average molecular weight is 255 g/mol. The van der Waals surface area contributed by atoms with E-state index in [0.29, 0.717) is 23.8 Å². The summed E-state index contributed by atoms with van der Waals surface area (Å²) < 4.78 is 26.6. The van der Waals surface area contributed by atoms with Crippen molar-refractivity contribution in [3.05, 3.63) is 35.4 Å². The molecular weight excluding hydrogens is 232 g/mol. The van der Waals surface area contributed by atoms with E-state index in [0.717, 1.165) is 25.6 Å². The zero-order valence-corrected chi connectivity index (χ0v) is 11.5. The van der Waals surface area contributed by atoms with E-state index in [2.05, 4.69) is 26.1 Å². The summed E-state index contributed by atoms with van der Waals surface area (Å²) in [5.74, 6) is 0.0946. The highest BCUT2D eigenvalue weighted by molar-refractivity contribution is 5.19. The monoisotopic (exact) mass is 255 g/mol. The molecule has 1 rings (SSSR count). The lowest BCUT2D eigenvalue weighted by Crippen LogP contribution is -2.26. The summed E-state index contributed by atoms with van der Waals surface area (Å²) >= 11 is 0. The van der Waals surface area contributed by atoms with Crippen LogP contribution in [0.3, 0.4) is 0 Å². The van der Waals surface area contributed by atoms with Crippen molar-refractivity contribution in [2.45, 2.75) is 33.6 Å². The van der Waals surface area contributed by atoms with Crippen molar-refractivity contribution >= 4 is 0 Å². The Hall–Kier alpha value is -0.960. The molecule has 0 amide bonds. The van der Waals surface area contributed by atoms with E-state index in [1.54, 1.807) is 0 Å². The van der Waals surface area contributed by atoms with Gasteiger partial charge in [-0.1, -0.05) is 20.8 Å². The van der Waals surface area contributed by atoms with Gasteiger partial charge in [-0.25, -0.2) is 8.78 Å². The Kier molecular flexibility index (Phi) is 6.27. The Morgan fingerprint density at radius 1 is 1.17 bits per heavy atom. The first-order valence-electron chi connectivity index (χ1n) is 6.69. The van der Waals surface area contributed by atoms with Crippen molar-refractivity contribution in [2.24, 2.45) is 11.8 Å². The predicted molar refractivity (Wildman–Crippen MR) is 71.6 cm³/mol. The number of hydrogen-bond donors (Lipinski definition) is 1. The zero-order chi connectivity index (χ0) is 13.5. The molecule has 0 aliphatic carbocycles. The Bertz CT molecular complexity index is 366. The van der Waals surface area contributed by atoms with Crippen LogP contribution in [0.4, 0.5) is 8.78 Å². The minimum absolute atomic E-state index is 0.308.